The second-order valence-electron chi connectivity index (χ2n) is 3.27. The fourth-order valence-corrected chi connectivity index (χ4v) is 1.43. The first kappa shape index (κ1) is 8.47. The number of hydrogen-bond acceptors (Lipinski definition) is 2. The lowest BCUT2D eigenvalue weighted by Gasteiger charge is -2.22. The molecule has 0 aromatic carbocycles. The molecule has 0 amide bonds. The summed E-state index contributed by atoms with van der Waals surface area (Å²) in [4.78, 5) is 13.0. The van der Waals surface area contributed by atoms with E-state index >= 15 is 0 Å². The molecule has 0 aliphatic carbocycles. The van der Waals surface area contributed by atoms with Gasteiger partial charge in [-0.1, -0.05) is 11.6 Å². The highest BCUT2D eigenvalue weighted by Gasteiger charge is 2.09. The van der Waals surface area contributed by atoms with Crippen LogP contribution in [0.5, 0.6) is 0 Å². The molecule has 2 nitrogen and oxygen atoms in total. The zero-order valence-electron chi connectivity index (χ0n) is 7.26. The molecule has 11 heavy (non-hydrogen) atoms. The molecule has 1 rings (SSSR count). The Labute approximate surface area is 67.9 Å². The van der Waals surface area contributed by atoms with Crippen molar-refractivity contribution < 1.29 is 4.79 Å². The predicted molar refractivity (Wildman–Crippen MR) is 45.5 cm³/mol. The molecule has 0 atom stereocenters. The summed E-state index contributed by atoms with van der Waals surface area (Å²) < 4.78 is 0. The van der Waals surface area contributed by atoms with Gasteiger partial charge in [-0.05, 0) is 20.4 Å². The average Bonchev–Trinajstić information content (AvgIpc) is 1.85. The number of rotatable bonds is 2. The Morgan fingerprint density at radius 1 is 1.73 bits per heavy atom. The monoisotopic (exact) mass is 153 g/mol. The molecular weight excluding hydrogens is 138 g/mol. The van der Waals surface area contributed by atoms with E-state index in [-0.39, 0.29) is 5.78 Å². The summed E-state index contributed by atoms with van der Waals surface area (Å²) >= 11 is 0. The molecule has 0 spiro atoms. The predicted octanol–water partition coefficient (Wildman–Crippen LogP) is 1.23. The highest BCUT2D eigenvalue weighted by molar-refractivity contribution is 5.78. The summed E-state index contributed by atoms with van der Waals surface area (Å²) in [6.07, 6.45) is 3.94. The molecule has 62 valence electrons. The third-order valence-electron chi connectivity index (χ3n) is 1.89. The van der Waals surface area contributed by atoms with Gasteiger partial charge in [0.2, 0.25) is 0 Å². The van der Waals surface area contributed by atoms with Gasteiger partial charge < -0.3 is 4.90 Å². The molecule has 0 N–H and O–H groups in total. The molecule has 0 aromatic rings. The van der Waals surface area contributed by atoms with E-state index in [0.29, 0.717) is 6.42 Å². The van der Waals surface area contributed by atoms with Crippen LogP contribution >= 0.6 is 0 Å². The summed E-state index contributed by atoms with van der Waals surface area (Å²) in [6, 6.07) is 0. The van der Waals surface area contributed by atoms with Crippen LogP contribution in [0.3, 0.4) is 0 Å². The Bertz CT molecular complexity index is 184. The van der Waals surface area contributed by atoms with E-state index in [2.05, 4.69) is 18.0 Å². The van der Waals surface area contributed by atoms with Crippen LogP contribution in [0, 0.1) is 0 Å². The Kier molecular flexibility index (Phi) is 2.83. The number of nitrogens with zero attached hydrogens (tertiary/aromatic N) is 1. The maximum absolute atomic E-state index is 10.8. The quantitative estimate of drug-likeness (QED) is 0.556. The number of Topliss-reactive ketones (excluding diaryl/α,β-unsaturated/α-hetero) is 1. The van der Waals surface area contributed by atoms with Gasteiger partial charge in [-0.15, -0.1) is 0 Å². The fraction of sp³-hybridized carbons (Fsp3) is 0.667. The van der Waals surface area contributed by atoms with Crippen molar-refractivity contribution in [3.63, 3.8) is 0 Å². The van der Waals surface area contributed by atoms with E-state index in [4.69, 9.17) is 0 Å². The average molecular weight is 153 g/mol. The van der Waals surface area contributed by atoms with E-state index < -0.39 is 0 Å². The van der Waals surface area contributed by atoms with E-state index in [0.717, 1.165) is 19.5 Å². The fourth-order valence-electron chi connectivity index (χ4n) is 1.43. The number of hydrogen-bond donors (Lipinski definition) is 0. The summed E-state index contributed by atoms with van der Waals surface area (Å²) in [6.45, 7) is 3.75. The molecule has 2 heteroatoms. The zero-order chi connectivity index (χ0) is 8.27. The SMILES string of the molecule is CC(=O)CC1=CCCN(C)C1. The molecule has 0 aromatic heterocycles. The van der Waals surface area contributed by atoms with Crippen LogP contribution in [-0.2, 0) is 4.79 Å². The molecule has 0 saturated heterocycles. The third kappa shape index (κ3) is 2.85. The van der Waals surface area contributed by atoms with Crippen molar-refractivity contribution in [1.82, 2.24) is 4.90 Å². The highest BCUT2D eigenvalue weighted by Crippen LogP contribution is 2.10. The first-order valence-electron chi connectivity index (χ1n) is 4.04. The van der Waals surface area contributed by atoms with Crippen molar-refractivity contribution in [2.75, 3.05) is 20.1 Å². The number of carbonyl (C=O) groups is 1. The third-order valence-corrected chi connectivity index (χ3v) is 1.89. The van der Waals surface area contributed by atoms with Gasteiger partial charge in [0.1, 0.15) is 5.78 Å². The first-order valence-corrected chi connectivity index (χ1v) is 4.04. The Balaban J connectivity index is 2.44. The van der Waals surface area contributed by atoms with Gasteiger partial charge >= 0.3 is 0 Å². The van der Waals surface area contributed by atoms with Gasteiger partial charge in [0.15, 0.2) is 0 Å². The van der Waals surface area contributed by atoms with Crippen LogP contribution in [-0.4, -0.2) is 30.8 Å². The minimum Gasteiger partial charge on any atom is -0.302 e. The summed E-state index contributed by atoms with van der Waals surface area (Å²) in [5, 5.41) is 0. The van der Waals surface area contributed by atoms with Crippen LogP contribution < -0.4 is 0 Å². The lowest BCUT2D eigenvalue weighted by molar-refractivity contribution is -0.116. The van der Waals surface area contributed by atoms with Gasteiger partial charge in [-0.25, -0.2) is 0 Å². The summed E-state index contributed by atoms with van der Waals surface area (Å²) in [7, 11) is 2.09. The highest BCUT2D eigenvalue weighted by atomic mass is 16.1. The van der Waals surface area contributed by atoms with Crippen molar-refractivity contribution >= 4 is 5.78 Å². The smallest absolute Gasteiger partial charge is 0.133 e. The second kappa shape index (κ2) is 3.67. The number of carbonyl (C=O) groups excluding carboxylic acids is 1. The second-order valence-corrected chi connectivity index (χ2v) is 3.27. The summed E-state index contributed by atoms with van der Waals surface area (Å²) in [5.41, 5.74) is 1.28. The maximum Gasteiger partial charge on any atom is 0.133 e. The van der Waals surface area contributed by atoms with Crippen LogP contribution in [0.25, 0.3) is 0 Å². The molecule has 0 unspecified atom stereocenters. The van der Waals surface area contributed by atoms with Crippen molar-refractivity contribution in [3.05, 3.63) is 11.6 Å². The molecule has 0 radical (unpaired) electrons. The normalized spacial score (nSPS) is 19.6. The molecule has 1 aliphatic heterocycles. The Hall–Kier alpha value is -0.630. The first-order chi connectivity index (χ1) is 5.18. The van der Waals surface area contributed by atoms with Crippen molar-refractivity contribution in [2.24, 2.45) is 0 Å². The standard InChI is InChI=1S/C9H15NO/c1-8(11)6-9-4-3-5-10(2)7-9/h4H,3,5-7H2,1-2H3. The van der Waals surface area contributed by atoms with E-state index in [1.54, 1.807) is 6.92 Å². The van der Waals surface area contributed by atoms with Gasteiger partial charge in [-0.2, -0.15) is 0 Å². The van der Waals surface area contributed by atoms with Gasteiger partial charge in [0, 0.05) is 19.5 Å². The Morgan fingerprint density at radius 2 is 2.45 bits per heavy atom. The minimum atomic E-state index is 0.270. The van der Waals surface area contributed by atoms with Crippen LogP contribution in [0.15, 0.2) is 11.6 Å². The van der Waals surface area contributed by atoms with Crippen molar-refractivity contribution in [1.29, 1.82) is 0 Å². The van der Waals surface area contributed by atoms with Crippen molar-refractivity contribution in [3.8, 4) is 0 Å². The maximum atomic E-state index is 10.8. The van der Waals surface area contributed by atoms with Gasteiger partial charge in [0.05, 0.1) is 0 Å². The van der Waals surface area contributed by atoms with Crippen LogP contribution in [0.4, 0.5) is 0 Å². The lowest BCUT2D eigenvalue weighted by atomic mass is 10.1. The van der Waals surface area contributed by atoms with Crippen molar-refractivity contribution in [2.45, 2.75) is 19.8 Å². The van der Waals surface area contributed by atoms with E-state index in [1.807, 2.05) is 0 Å². The van der Waals surface area contributed by atoms with Crippen LogP contribution in [0.1, 0.15) is 19.8 Å². The van der Waals surface area contributed by atoms with Crippen LogP contribution in [0.2, 0.25) is 0 Å². The molecular formula is C9H15NO. The van der Waals surface area contributed by atoms with E-state index in [9.17, 15) is 4.79 Å². The van der Waals surface area contributed by atoms with Gasteiger partial charge in [0.25, 0.3) is 0 Å². The topological polar surface area (TPSA) is 20.3 Å². The Morgan fingerprint density at radius 3 is 3.00 bits per heavy atom. The van der Waals surface area contributed by atoms with Gasteiger partial charge in [-0.3, -0.25) is 4.79 Å². The number of ketones is 1. The molecule has 0 bridgehead atoms. The minimum absolute atomic E-state index is 0.270. The molecule has 1 heterocycles. The lowest BCUT2D eigenvalue weighted by Crippen LogP contribution is -2.26. The molecule has 1 aliphatic rings. The molecule has 0 fully saturated rings. The zero-order valence-corrected chi connectivity index (χ0v) is 7.26. The van der Waals surface area contributed by atoms with E-state index in [1.165, 1.54) is 5.57 Å². The number of likely N-dealkylation sites (N-methyl/N-ethyl adjacent to an activating group) is 1. The largest absolute Gasteiger partial charge is 0.302 e. The molecule has 0 saturated carbocycles. The summed E-state index contributed by atoms with van der Waals surface area (Å²) in [5.74, 6) is 0.270.